The molecule has 2 heterocycles. The minimum atomic E-state index is -3.90. The summed E-state index contributed by atoms with van der Waals surface area (Å²) in [6, 6.07) is 0.557. The number of carbonyl (C=O) groups is 2. The largest absolute Gasteiger partial charge is 0.387 e. The van der Waals surface area contributed by atoms with E-state index in [9.17, 15) is 18.0 Å². The Labute approximate surface area is 116 Å². The Balaban J connectivity index is 2.23. The molecule has 9 heteroatoms. The number of carbonyl (C=O) groups excluding carboxylic acids is 2. The summed E-state index contributed by atoms with van der Waals surface area (Å²) in [5.74, 6) is -1.04. The second kappa shape index (κ2) is 5.55. The summed E-state index contributed by atoms with van der Waals surface area (Å²) in [5.41, 5.74) is 0.375. The topological polar surface area (TPSA) is 117 Å². The number of piperidine rings is 1. The van der Waals surface area contributed by atoms with Crippen molar-refractivity contribution < 1.29 is 18.0 Å². The summed E-state index contributed by atoms with van der Waals surface area (Å²) >= 11 is 0. The van der Waals surface area contributed by atoms with Crippen LogP contribution in [-0.2, 0) is 19.6 Å². The van der Waals surface area contributed by atoms with Gasteiger partial charge in [-0.2, -0.15) is 4.72 Å². The number of amides is 2. The molecule has 2 rings (SSSR count). The molecule has 0 aromatic carbocycles. The molecule has 3 N–H and O–H groups in total. The molecule has 0 bridgehead atoms. The molecule has 0 saturated carbocycles. The van der Waals surface area contributed by atoms with Crippen LogP contribution in [0.5, 0.6) is 0 Å². The average Bonchev–Trinajstić information content (AvgIpc) is 2.42. The molecular weight excluding hydrogens is 284 g/mol. The average molecular weight is 298 g/mol. The van der Waals surface area contributed by atoms with Gasteiger partial charge in [-0.1, -0.05) is 0 Å². The molecule has 1 aromatic heterocycles. The van der Waals surface area contributed by atoms with Crippen LogP contribution in [0.4, 0.5) is 5.69 Å². The minimum absolute atomic E-state index is 0.0489. The van der Waals surface area contributed by atoms with Gasteiger partial charge >= 0.3 is 0 Å². The van der Waals surface area contributed by atoms with E-state index >= 15 is 0 Å². The van der Waals surface area contributed by atoms with Crippen LogP contribution in [0.3, 0.4) is 0 Å². The van der Waals surface area contributed by atoms with E-state index in [2.05, 4.69) is 20.3 Å². The van der Waals surface area contributed by atoms with E-state index in [0.717, 1.165) is 0 Å². The minimum Gasteiger partial charge on any atom is -0.387 e. The second-order valence-electron chi connectivity index (χ2n) is 4.25. The lowest BCUT2D eigenvalue weighted by Crippen LogP contribution is -2.52. The highest BCUT2D eigenvalue weighted by atomic mass is 32.2. The predicted octanol–water partition coefficient (Wildman–Crippen LogP) is -0.793. The molecule has 1 aliphatic heterocycles. The number of rotatable bonds is 4. The molecule has 2 amide bonds. The molecule has 1 saturated heterocycles. The molecule has 1 unspecified atom stereocenters. The van der Waals surface area contributed by atoms with Gasteiger partial charge in [0.1, 0.15) is 10.9 Å². The summed E-state index contributed by atoms with van der Waals surface area (Å²) < 4.78 is 26.8. The molecule has 1 aromatic rings. The van der Waals surface area contributed by atoms with Crippen LogP contribution in [0.1, 0.15) is 12.8 Å². The molecule has 20 heavy (non-hydrogen) atoms. The molecule has 1 aliphatic rings. The highest BCUT2D eigenvalue weighted by Gasteiger charge is 2.31. The number of hydrogen-bond donors (Lipinski definition) is 3. The Hall–Kier alpha value is -2.00. The number of anilines is 1. The van der Waals surface area contributed by atoms with E-state index in [0.29, 0.717) is 5.69 Å². The normalized spacial score (nSPS) is 19.6. The van der Waals surface area contributed by atoms with Crippen LogP contribution >= 0.6 is 0 Å². The van der Waals surface area contributed by atoms with Gasteiger partial charge in [-0.15, -0.1) is 0 Å². The van der Waals surface area contributed by atoms with Crippen LogP contribution < -0.4 is 15.4 Å². The number of hydrogen-bond acceptors (Lipinski definition) is 6. The maximum atomic E-state index is 12.3. The van der Waals surface area contributed by atoms with Crippen molar-refractivity contribution >= 4 is 27.5 Å². The lowest BCUT2D eigenvalue weighted by molar-refractivity contribution is -0.134. The zero-order valence-electron chi connectivity index (χ0n) is 10.7. The highest BCUT2D eigenvalue weighted by Crippen LogP contribution is 2.19. The van der Waals surface area contributed by atoms with Crippen LogP contribution in [0.25, 0.3) is 0 Å². The quantitative estimate of drug-likeness (QED) is 0.627. The number of nitrogens with one attached hydrogen (secondary N) is 3. The van der Waals surface area contributed by atoms with E-state index in [4.69, 9.17) is 0 Å². The summed E-state index contributed by atoms with van der Waals surface area (Å²) in [5, 5.41) is 4.84. The van der Waals surface area contributed by atoms with E-state index in [1.165, 1.54) is 18.5 Å². The first-order valence-corrected chi connectivity index (χ1v) is 7.40. The SMILES string of the molecule is CNc1ccncc1S(=O)(=O)NC1CCC(=O)NC1=O. The third kappa shape index (κ3) is 2.94. The maximum Gasteiger partial charge on any atom is 0.244 e. The van der Waals surface area contributed by atoms with Crippen LogP contribution in [0, 0.1) is 0 Å². The Morgan fingerprint density at radius 2 is 2.15 bits per heavy atom. The first-order chi connectivity index (χ1) is 9.44. The first-order valence-electron chi connectivity index (χ1n) is 5.92. The van der Waals surface area contributed by atoms with Crippen molar-refractivity contribution in [2.75, 3.05) is 12.4 Å². The lowest BCUT2D eigenvalue weighted by Gasteiger charge is -2.22. The molecule has 8 nitrogen and oxygen atoms in total. The van der Waals surface area contributed by atoms with Crippen molar-refractivity contribution in [2.45, 2.75) is 23.8 Å². The van der Waals surface area contributed by atoms with Gasteiger partial charge in [0.2, 0.25) is 21.8 Å². The van der Waals surface area contributed by atoms with Crippen molar-refractivity contribution in [1.29, 1.82) is 0 Å². The van der Waals surface area contributed by atoms with Crippen molar-refractivity contribution in [2.24, 2.45) is 0 Å². The fourth-order valence-corrected chi connectivity index (χ4v) is 3.24. The standard InChI is InChI=1S/C11H14N4O4S/c1-12-7-4-5-13-6-9(7)20(18,19)15-8-2-3-10(16)14-11(8)17/h4-6,8,15H,2-3H2,1H3,(H,12,13)(H,14,16,17). The Kier molecular flexibility index (Phi) is 4.00. The molecule has 1 fully saturated rings. The van der Waals surface area contributed by atoms with E-state index in [1.54, 1.807) is 7.05 Å². The zero-order chi connectivity index (χ0) is 14.8. The Morgan fingerprint density at radius 3 is 2.80 bits per heavy atom. The molecule has 108 valence electrons. The summed E-state index contributed by atoms with van der Waals surface area (Å²) in [4.78, 5) is 26.3. The van der Waals surface area contributed by atoms with Gasteiger partial charge < -0.3 is 5.32 Å². The first kappa shape index (κ1) is 14.4. The van der Waals surface area contributed by atoms with Crippen LogP contribution in [-0.4, -0.2) is 38.3 Å². The van der Waals surface area contributed by atoms with Crippen molar-refractivity contribution in [3.63, 3.8) is 0 Å². The van der Waals surface area contributed by atoms with Gasteiger partial charge in [-0.05, 0) is 12.5 Å². The van der Waals surface area contributed by atoms with Crippen molar-refractivity contribution in [3.8, 4) is 0 Å². The predicted molar refractivity (Wildman–Crippen MR) is 70.3 cm³/mol. The summed E-state index contributed by atoms with van der Waals surface area (Å²) in [6.45, 7) is 0. The molecule has 1 atom stereocenters. The number of nitrogens with zero attached hydrogens (tertiary/aromatic N) is 1. The van der Waals surface area contributed by atoms with E-state index in [1.807, 2.05) is 0 Å². The van der Waals surface area contributed by atoms with E-state index in [-0.39, 0.29) is 17.7 Å². The van der Waals surface area contributed by atoms with Gasteiger partial charge in [-0.25, -0.2) is 8.42 Å². The number of sulfonamides is 1. The Bertz CT molecular complexity index is 644. The smallest absolute Gasteiger partial charge is 0.244 e. The fraction of sp³-hybridized carbons (Fsp3) is 0.364. The third-order valence-electron chi connectivity index (χ3n) is 2.88. The summed E-state index contributed by atoms with van der Waals surface area (Å²) in [6.07, 6.45) is 2.89. The molecule has 0 aliphatic carbocycles. The van der Waals surface area contributed by atoms with Gasteiger partial charge in [0.15, 0.2) is 0 Å². The highest BCUT2D eigenvalue weighted by molar-refractivity contribution is 7.89. The van der Waals surface area contributed by atoms with Crippen molar-refractivity contribution in [1.82, 2.24) is 15.0 Å². The number of pyridine rings is 1. The molecule has 0 spiro atoms. The zero-order valence-corrected chi connectivity index (χ0v) is 11.5. The van der Waals surface area contributed by atoms with Gasteiger partial charge in [-0.3, -0.25) is 19.9 Å². The second-order valence-corrected chi connectivity index (χ2v) is 5.93. The number of aromatic nitrogens is 1. The third-order valence-corrected chi connectivity index (χ3v) is 4.38. The van der Waals surface area contributed by atoms with Crippen LogP contribution in [0.15, 0.2) is 23.4 Å². The van der Waals surface area contributed by atoms with E-state index < -0.39 is 27.9 Å². The van der Waals surface area contributed by atoms with Gasteiger partial charge in [0, 0.05) is 25.9 Å². The monoisotopic (exact) mass is 298 g/mol. The number of imide groups is 1. The summed E-state index contributed by atoms with van der Waals surface area (Å²) in [7, 11) is -2.32. The Morgan fingerprint density at radius 1 is 1.40 bits per heavy atom. The lowest BCUT2D eigenvalue weighted by atomic mass is 10.1. The van der Waals surface area contributed by atoms with Gasteiger partial charge in [0.25, 0.3) is 0 Å². The van der Waals surface area contributed by atoms with Crippen LogP contribution in [0.2, 0.25) is 0 Å². The fourth-order valence-electron chi connectivity index (χ4n) is 1.86. The molecule has 0 radical (unpaired) electrons. The maximum absolute atomic E-state index is 12.3. The van der Waals surface area contributed by atoms with Crippen molar-refractivity contribution in [3.05, 3.63) is 18.5 Å². The van der Waals surface area contributed by atoms with Gasteiger partial charge in [0.05, 0.1) is 5.69 Å². The molecular formula is C11H14N4O4S.